The van der Waals surface area contributed by atoms with Crippen LogP contribution in [0.5, 0.6) is 0 Å². The minimum atomic E-state index is -3.76. The largest absolute Gasteiger partial charge is 0.347 e. The van der Waals surface area contributed by atoms with Gasteiger partial charge in [-0.05, 0) is 24.0 Å². The maximum absolute atomic E-state index is 13.9. The molecule has 2 aromatic rings. The lowest BCUT2D eigenvalue weighted by Gasteiger charge is -2.21. The van der Waals surface area contributed by atoms with E-state index in [1.54, 1.807) is 23.6 Å². The van der Waals surface area contributed by atoms with Gasteiger partial charge in [0.1, 0.15) is 10.7 Å². The van der Waals surface area contributed by atoms with Crippen LogP contribution >= 0.6 is 11.3 Å². The van der Waals surface area contributed by atoms with E-state index in [1.807, 2.05) is 5.38 Å². The summed E-state index contributed by atoms with van der Waals surface area (Å²) < 4.78 is 40.6. The summed E-state index contributed by atoms with van der Waals surface area (Å²) in [6.07, 6.45) is 1.78. The number of fused-ring (bicyclic) bond motifs is 1. The van der Waals surface area contributed by atoms with Crippen molar-refractivity contribution in [3.8, 4) is 0 Å². The van der Waals surface area contributed by atoms with Crippen LogP contribution in [0.25, 0.3) is 0 Å². The van der Waals surface area contributed by atoms with Crippen molar-refractivity contribution in [2.24, 2.45) is 11.8 Å². The highest BCUT2D eigenvalue weighted by Crippen LogP contribution is 2.37. The molecule has 2 aliphatic heterocycles. The van der Waals surface area contributed by atoms with E-state index in [-0.39, 0.29) is 16.7 Å². The Morgan fingerprint density at radius 2 is 1.83 bits per heavy atom. The molecule has 2 unspecified atom stereocenters. The fourth-order valence-electron chi connectivity index (χ4n) is 3.47. The minimum Gasteiger partial charge on any atom is -0.347 e. The van der Waals surface area contributed by atoms with E-state index in [0.29, 0.717) is 13.1 Å². The van der Waals surface area contributed by atoms with Gasteiger partial charge in [-0.3, -0.25) is 0 Å². The van der Waals surface area contributed by atoms with Crippen LogP contribution in [0.1, 0.15) is 0 Å². The van der Waals surface area contributed by atoms with Gasteiger partial charge in [0, 0.05) is 37.8 Å². The number of nitrogens with zero attached hydrogens (tertiary/aromatic N) is 3. The highest BCUT2D eigenvalue weighted by molar-refractivity contribution is 7.89. The Balaban J connectivity index is 1.52. The Morgan fingerprint density at radius 1 is 1.13 bits per heavy atom. The molecule has 4 rings (SSSR count). The van der Waals surface area contributed by atoms with E-state index in [1.165, 1.54) is 22.5 Å². The van der Waals surface area contributed by atoms with Crippen molar-refractivity contribution < 1.29 is 12.8 Å². The average Bonchev–Trinajstić information content (AvgIpc) is 3.22. The van der Waals surface area contributed by atoms with Crippen LogP contribution < -0.4 is 4.90 Å². The van der Waals surface area contributed by atoms with Crippen LogP contribution in [0.2, 0.25) is 0 Å². The van der Waals surface area contributed by atoms with Crippen molar-refractivity contribution in [2.75, 3.05) is 31.1 Å². The van der Waals surface area contributed by atoms with E-state index < -0.39 is 15.8 Å². The van der Waals surface area contributed by atoms with Crippen molar-refractivity contribution in [3.63, 3.8) is 0 Å². The Hall–Kier alpha value is -1.51. The lowest BCUT2D eigenvalue weighted by Crippen LogP contribution is -2.33. The zero-order valence-corrected chi connectivity index (χ0v) is 13.9. The third-order valence-electron chi connectivity index (χ3n) is 4.60. The Labute approximate surface area is 138 Å². The summed E-state index contributed by atoms with van der Waals surface area (Å²) in [6, 6.07) is 5.57. The Bertz CT molecular complexity index is 796. The maximum Gasteiger partial charge on any atom is 0.246 e. The molecule has 0 bridgehead atoms. The van der Waals surface area contributed by atoms with Gasteiger partial charge < -0.3 is 4.90 Å². The number of anilines is 1. The van der Waals surface area contributed by atoms with E-state index in [2.05, 4.69) is 9.88 Å². The molecule has 2 saturated heterocycles. The second kappa shape index (κ2) is 5.54. The number of benzene rings is 1. The normalized spacial score (nSPS) is 25.0. The molecule has 0 spiro atoms. The molecular weight excluding hydrogens is 337 g/mol. The van der Waals surface area contributed by atoms with Gasteiger partial charge in [-0.15, -0.1) is 11.3 Å². The van der Waals surface area contributed by atoms with E-state index in [4.69, 9.17) is 0 Å². The molecule has 0 N–H and O–H groups in total. The molecule has 0 radical (unpaired) electrons. The zero-order chi connectivity index (χ0) is 16.0. The number of thiazole rings is 1. The van der Waals surface area contributed by atoms with Gasteiger partial charge in [-0.2, -0.15) is 4.31 Å². The molecule has 3 heterocycles. The second-order valence-corrected chi connectivity index (χ2v) is 8.77. The number of halogens is 1. The van der Waals surface area contributed by atoms with Gasteiger partial charge in [0.05, 0.1) is 0 Å². The van der Waals surface area contributed by atoms with Gasteiger partial charge >= 0.3 is 0 Å². The van der Waals surface area contributed by atoms with Crippen LogP contribution in [0, 0.1) is 17.7 Å². The number of aromatic nitrogens is 1. The van der Waals surface area contributed by atoms with Crippen molar-refractivity contribution >= 4 is 26.5 Å². The highest BCUT2D eigenvalue weighted by atomic mass is 32.2. The summed E-state index contributed by atoms with van der Waals surface area (Å²) in [5.74, 6) is -0.130. The lowest BCUT2D eigenvalue weighted by molar-refractivity contribution is 0.447. The lowest BCUT2D eigenvalue weighted by atomic mass is 10.0. The molecule has 0 saturated carbocycles. The molecule has 0 amide bonds. The first kappa shape index (κ1) is 15.0. The first-order valence-corrected chi connectivity index (χ1v) is 9.77. The SMILES string of the molecule is O=S(=O)(c1ccccc1F)N1CC2CN(c3nccs3)CC2C1. The van der Waals surface area contributed by atoms with Crippen LogP contribution in [0.15, 0.2) is 40.7 Å². The van der Waals surface area contributed by atoms with Gasteiger partial charge in [0.2, 0.25) is 10.0 Å². The fraction of sp³-hybridized carbons (Fsp3) is 0.400. The second-order valence-electron chi connectivity index (χ2n) is 5.99. The number of hydrogen-bond acceptors (Lipinski definition) is 5. The molecule has 0 aliphatic carbocycles. The molecule has 2 atom stereocenters. The quantitative estimate of drug-likeness (QED) is 0.847. The highest BCUT2D eigenvalue weighted by Gasteiger charge is 2.45. The predicted molar refractivity (Wildman–Crippen MR) is 86.5 cm³/mol. The summed E-state index contributed by atoms with van der Waals surface area (Å²) in [5, 5.41) is 2.93. The van der Waals surface area contributed by atoms with Gasteiger partial charge in [0.15, 0.2) is 5.13 Å². The van der Waals surface area contributed by atoms with Gasteiger partial charge in [-0.25, -0.2) is 17.8 Å². The Morgan fingerprint density at radius 3 is 2.43 bits per heavy atom. The number of rotatable bonds is 3. The van der Waals surface area contributed by atoms with E-state index in [9.17, 15) is 12.8 Å². The smallest absolute Gasteiger partial charge is 0.246 e. The molecule has 2 fully saturated rings. The van der Waals surface area contributed by atoms with Crippen LogP contribution in [0.3, 0.4) is 0 Å². The fourth-order valence-corrected chi connectivity index (χ4v) is 5.75. The summed E-state index contributed by atoms with van der Waals surface area (Å²) in [4.78, 5) is 6.31. The van der Waals surface area contributed by atoms with Crippen molar-refractivity contribution in [1.29, 1.82) is 0 Å². The summed E-state index contributed by atoms with van der Waals surface area (Å²) in [7, 11) is -3.76. The third-order valence-corrected chi connectivity index (χ3v) is 7.29. The van der Waals surface area contributed by atoms with Crippen LogP contribution in [-0.4, -0.2) is 43.9 Å². The Kier molecular flexibility index (Phi) is 3.62. The molecule has 122 valence electrons. The standard InChI is InChI=1S/C15H16FN3O2S2/c16-13-3-1-2-4-14(13)23(20,21)19-9-11-7-18(8-12(11)10-19)15-17-5-6-22-15/h1-6,11-12H,7-10H2. The third kappa shape index (κ3) is 2.54. The number of sulfonamides is 1. The molecule has 1 aromatic carbocycles. The van der Waals surface area contributed by atoms with Crippen molar-refractivity contribution in [2.45, 2.75) is 4.90 Å². The van der Waals surface area contributed by atoms with Gasteiger partial charge in [0.25, 0.3) is 0 Å². The summed E-state index contributed by atoms with van der Waals surface area (Å²) in [6.45, 7) is 2.51. The molecular formula is C15H16FN3O2S2. The van der Waals surface area contributed by atoms with Crippen LogP contribution in [-0.2, 0) is 10.0 Å². The topological polar surface area (TPSA) is 53.5 Å². The van der Waals surface area contributed by atoms with Crippen molar-refractivity contribution in [3.05, 3.63) is 41.7 Å². The minimum absolute atomic E-state index is 0.225. The van der Waals surface area contributed by atoms with E-state index in [0.717, 1.165) is 18.2 Å². The molecule has 5 nitrogen and oxygen atoms in total. The average molecular weight is 353 g/mol. The van der Waals surface area contributed by atoms with Gasteiger partial charge in [-0.1, -0.05) is 12.1 Å². The maximum atomic E-state index is 13.9. The molecule has 23 heavy (non-hydrogen) atoms. The zero-order valence-electron chi connectivity index (χ0n) is 12.3. The summed E-state index contributed by atoms with van der Waals surface area (Å²) in [5.41, 5.74) is 0. The first-order chi connectivity index (χ1) is 11.1. The molecule has 2 aliphatic rings. The summed E-state index contributed by atoms with van der Waals surface area (Å²) >= 11 is 1.60. The molecule has 8 heteroatoms. The molecule has 1 aromatic heterocycles. The predicted octanol–water partition coefficient (Wildman–Crippen LogP) is 2.04. The van der Waals surface area contributed by atoms with Crippen molar-refractivity contribution in [1.82, 2.24) is 9.29 Å². The first-order valence-electron chi connectivity index (χ1n) is 7.45. The van der Waals surface area contributed by atoms with Crippen LogP contribution in [0.4, 0.5) is 9.52 Å². The van der Waals surface area contributed by atoms with E-state index >= 15 is 0 Å². The monoisotopic (exact) mass is 353 g/mol. The number of hydrogen-bond donors (Lipinski definition) is 0.